The fraction of sp³-hybridized carbons (Fsp3) is 0.0714. The third kappa shape index (κ3) is 3.54. The Labute approximate surface area is 118 Å². The number of carbonyl (C=O) groups excluding carboxylic acids is 1. The highest BCUT2D eigenvalue weighted by molar-refractivity contribution is 9.10. The molecule has 98 valence electrons. The topological polar surface area (TPSA) is 52.3 Å². The van der Waals surface area contributed by atoms with Crippen molar-refractivity contribution in [3.63, 3.8) is 0 Å². The molecule has 0 atom stereocenters. The molecule has 0 fully saturated rings. The minimum atomic E-state index is -0.480. The predicted octanol–water partition coefficient (Wildman–Crippen LogP) is 3.27. The van der Waals surface area contributed by atoms with E-state index >= 15 is 0 Å². The highest BCUT2D eigenvalue weighted by Crippen LogP contribution is 2.22. The molecule has 0 aliphatic heterocycles. The van der Waals surface area contributed by atoms with Gasteiger partial charge in [-0.1, -0.05) is 12.1 Å². The van der Waals surface area contributed by atoms with Crippen LogP contribution in [-0.4, -0.2) is 5.91 Å². The summed E-state index contributed by atoms with van der Waals surface area (Å²) in [5.74, 6) is -0.285. The highest BCUT2D eigenvalue weighted by Gasteiger charge is 2.04. The van der Waals surface area contributed by atoms with Crippen molar-refractivity contribution in [1.29, 1.82) is 0 Å². The molecule has 0 bridgehead atoms. The van der Waals surface area contributed by atoms with E-state index in [4.69, 9.17) is 10.5 Å². The fourth-order valence-corrected chi connectivity index (χ4v) is 1.91. The summed E-state index contributed by atoms with van der Waals surface area (Å²) in [4.78, 5) is 11.0. The summed E-state index contributed by atoms with van der Waals surface area (Å²) in [6.07, 6.45) is 0. The number of halogens is 2. The molecule has 5 heteroatoms. The first-order valence-corrected chi connectivity index (χ1v) is 6.32. The van der Waals surface area contributed by atoms with Gasteiger partial charge in [-0.2, -0.15) is 0 Å². The Kier molecular flexibility index (Phi) is 4.16. The predicted molar refractivity (Wildman–Crippen MR) is 73.4 cm³/mol. The molecule has 0 unspecified atom stereocenters. The Morgan fingerprint density at radius 2 is 2.05 bits per heavy atom. The summed E-state index contributed by atoms with van der Waals surface area (Å²) in [6, 6.07) is 11.3. The van der Waals surface area contributed by atoms with E-state index in [0.717, 1.165) is 5.56 Å². The molecule has 0 saturated heterocycles. The molecule has 3 nitrogen and oxygen atoms in total. The van der Waals surface area contributed by atoms with Crippen LogP contribution in [0.1, 0.15) is 15.9 Å². The number of ether oxygens (including phenoxy) is 1. The van der Waals surface area contributed by atoms with Crippen LogP contribution in [0.5, 0.6) is 5.75 Å². The van der Waals surface area contributed by atoms with E-state index in [9.17, 15) is 9.18 Å². The lowest BCUT2D eigenvalue weighted by Gasteiger charge is -2.07. The SMILES string of the molecule is NC(=O)c1cccc(COc2ccc(F)c(Br)c2)c1. The standard InChI is InChI=1S/C14H11BrFNO2/c15-12-7-11(4-5-13(12)16)19-8-9-2-1-3-10(6-9)14(17)18/h1-7H,8H2,(H2,17,18). The van der Waals surface area contributed by atoms with Gasteiger partial charge in [-0.25, -0.2) is 4.39 Å². The van der Waals surface area contributed by atoms with Gasteiger partial charge in [0.15, 0.2) is 0 Å². The van der Waals surface area contributed by atoms with Crippen molar-refractivity contribution in [2.45, 2.75) is 6.61 Å². The highest BCUT2D eigenvalue weighted by atomic mass is 79.9. The Bertz CT molecular complexity index is 616. The molecule has 2 N–H and O–H groups in total. The summed E-state index contributed by atoms with van der Waals surface area (Å²) < 4.78 is 18.9. The van der Waals surface area contributed by atoms with Gasteiger partial charge in [0.05, 0.1) is 4.47 Å². The lowest BCUT2D eigenvalue weighted by atomic mass is 10.1. The Morgan fingerprint density at radius 3 is 2.74 bits per heavy atom. The second kappa shape index (κ2) is 5.84. The number of carbonyl (C=O) groups is 1. The van der Waals surface area contributed by atoms with E-state index in [0.29, 0.717) is 15.8 Å². The minimum Gasteiger partial charge on any atom is -0.489 e. The van der Waals surface area contributed by atoms with Crippen molar-refractivity contribution in [3.8, 4) is 5.75 Å². The van der Waals surface area contributed by atoms with Crippen molar-refractivity contribution in [2.24, 2.45) is 5.73 Å². The van der Waals surface area contributed by atoms with Gasteiger partial charge in [0, 0.05) is 5.56 Å². The largest absolute Gasteiger partial charge is 0.489 e. The number of primary amides is 1. The molecule has 1 amide bonds. The van der Waals surface area contributed by atoms with E-state index in [-0.39, 0.29) is 12.4 Å². The second-order valence-corrected chi connectivity index (χ2v) is 4.78. The summed E-state index contributed by atoms with van der Waals surface area (Å²) in [6.45, 7) is 0.277. The quantitative estimate of drug-likeness (QED) is 0.938. The van der Waals surface area contributed by atoms with Gasteiger partial charge >= 0.3 is 0 Å². The number of hydrogen-bond acceptors (Lipinski definition) is 2. The van der Waals surface area contributed by atoms with E-state index in [2.05, 4.69) is 15.9 Å². The number of rotatable bonds is 4. The van der Waals surface area contributed by atoms with Crippen LogP contribution in [0.25, 0.3) is 0 Å². The van der Waals surface area contributed by atoms with Crippen LogP contribution in [-0.2, 0) is 6.61 Å². The van der Waals surface area contributed by atoms with Crippen LogP contribution in [0, 0.1) is 5.82 Å². The number of benzene rings is 2. The Balaban J connectivity index is 2.07. The van der Waals surface area contributed by atoms with Crippen LogP contribution in [0.2, 0.25) is 0 Å². The van der Waals surface area contributed by atoms with Gasteiger partial charge in [-0.05, 0) is 51.8 Å². The van der Waals surface area contributed by atoms with Gasteiger partial charge in [-0.15, -0.1) is 0 Å². The van der Waals surface area contributed by atoms with Crippen molar-refractivity contribution in [3.05, 3.63) is 63.9 Å². The zero-order valence-electron chi connectivity index (χ0n) is 9.90. The van der Waals surface area contributed by atoms with E-state index in [1.54, 1.807) is 24.3 Å². The van der Waals surface area contributed by atoms with Gasteiger partial charge in [0.2, 0.25) is 5.91 Å². The van der Waals surface area contributed by atoms with Crippen LogP contribution in [0.3, 0.4) is 0 Å². The van der Waals surface area contributed by atoms with Crippen LogP contribution in [0.4, 0.5) is 4.39 Å². The first-order valence-electron chi connectivity index (χ1n) is 5.53. The number of amides is 1. The lowest BCUT2D eigenvalue weighted by Crippen LogP contribution is -2.11. The van der Waals surface area contributed by atoms with Crippen LogP contribution < -0.4 is 10.5 Å². The molecule has 0 aliphatic carbocycles. The van der Waals surface area contributed by atoms with E-state index in [1.165, 1.54) is 12.1 Å². The molecule has 19 heavy (non-hydrogen) atoms. The average molecular weight is 324 g/mol. The third-order valence-corrected chi connectivity index (χ3v) is 3.12. The molecule has 2 aromatic rings. The monoisotopic (exact) mass is 323 g/mol. The molecule has 0 spiro atoms. The summed E-state index contributed by atoms with van der Waals surface area (Å²) in [5.41, 5.74) is 6.45. The zero-order valence-corrected chi connectivity index (χ0v) is 11.5. The first kappa shape index (κ1) is 13.5. The van der Waals surface area contributed by atoms with Gasteiger partial charge in [-0.3, -0.25) is 4.79 Å². The van der Waals surface area contributed by atoms with Crippen molar-refractivity contribution in [1.82, 2.24) is 0 Å². The third-order valence-electron chi connectivity index (χ3n) is 2.51. The molecule has 0 aromatic heterocycles. The summed E-state index contributed by atoms with van der Waals surface area (Å²) in [7, 11) is 0. The first-order chi connectivity index (χ1) is 9.06. The maximum atomic E-state index is 13.0. The molecular weight excluding hydrogens is 313 g/mol. The van der Waals surface area contributed by atoms with Crippen LogP contribution >= 0.6 is 15.9 Å². The average Bonchev–Trinajstić information content (AvgIpc) is 2.40. The zero-order chi connectivity index (χ0) is 13.8. The lowest BCUT2D eigenvalue weighted by molar-refractivity contribution is 0.1000. The molecule has 0 heterocycles. The smallest absolute Gasteiger partial charge is 0.248 e. The van der Waals surface area contributed by atoms with E-state index in [1.807, 2.05) is 6.07 Å². The molecular formula is C14H11BrFNO2. The fourth-order valence-electron chi connectivity index (χ4n) is 1.55. The summed E-state index contributed by atoms with van der Waals surface area (Å²) >= 11 is 3.09. The normalized spacial score (nSPS) is 10.2. The second-order valence-electron chi connectivity index (χ2n) is 3.93. The Morgan fingerprint density at radius 1 is 1.26 bits per heavy atom. The molecule has 0 aliphatic rings. The number of nitrogens with two attached hydrogens (primary N) is 1. The molecule has 2 rings (SSSR count). The number of hydrogen-bond donors (Lipinski definition) is 1. The maximum absolute atomic E-state index is 13.0. The van der Waals surface area contributed by atoms with Crippen LogP contribution in [0.15, 0.2) is 46.9 Å². The van der Waals surface area contributed by atoms with Crippen molar-refractivity contribution >= 4 is 21.8 Å². The van der Waals surface area contributed by atoms with Crippen molar-refractivity contribution < 1.29 is 13.9 Å². The maximum Gasteiger partial charge on any atom is 0.248 e. The van der Waals surface area contributed by atoms with E-state index < -0.39 is 5.91 Å². The Hall–Kier alpha value is -1.88. The molecule has 2 aromatic carbocycles. The molecule has 0 radical (unpaired) electrons. The van der Waals surface area contributed by atoms with Crippen molar-refractivity contribution in [2.75, 3.05) is 0 Å². The summed E-state index contributed by atoms with van der Waals surface area (Å²) in [5, 5.41) is 0. The molecule has 0 saturated carbocycles. The van der Waals surface area contributed by atoms with Gasteiger partial charge < -0.3 is 10.5 Å². The van der Waals surface area contributed by atoms with Gasteiger partial charge in [0.1, 0.15) is 18.2 Å². The minimum absolute atomic E-state index is 0.277. The van der Waals surface area contributed by atoms with Gasteiger partial charge in [0.25, 0.3) is 0 Å².